The molecule has 15 aromatic rings. The number of H-pyrrole nitrogens is 3. The number of benzene rings is 10. The van der Waals surface area contributed by atoms with Crippen LogP contribution in [0.15, 0.2) is 170 Å². The molecule has 5 heteroatoms. The van der Waals surface area contributed by atoms with Crippen LogP contribution in [0.25, 0.3) is 151 Å². The molecule has 0 saturated heterocycles. The van der Waals surface area contributed by atoms with E-state index in [0.29, 0.717) is 0 Å². The van der Waals surface area contributed by atoms with E-state index in [4.69, 9.17) is 0 Å². The summed E-state index contributed by atoms with van der Waals surface area (Å²) in [5, 5.41) is 20.2. The molecule has 5 heterocycles. The topological polar surface area (TPSA) is 52.3 Å². The van der Waals surface area contributed by atoms with Crippen molar-refractivity contribution in [2.24, 2.45) is 7.05 Å². The molecule has 62 heavy (non-hydrogen) atoms. The summed E-state index contributed by atoms with van der Waals surface area (Å²) in [7, 11) is 2.20. The van der Waals surface area contributed by atoms with E-state index in [-0.39, 0.29) is 0 Å². The Morgan fingerprint density at radius 1 is 0.339 bits per heavy atom. The Bertz CT molecular complexity index is 4470. The van der Waals surface area contributed by atoms with E-state index >= 15 is 0 Å². The molecule has 0 saturated carbocycles. The van der Waals surface area contributed by atoms with Gasteiger partial charge >= 0.3 is 0 Å². The molecule has 15 rings (SSSR count). The number of nitrogens with zero attached hydrogens (tertiary/aromatic N) is 1. The van der Waals surface area contributed by atoms with E-state index in [9.17, 15) is 0 Å². The van der Waals surface area contributed by atoms with E-state index in [0.717, 1.165) is 5.52 Å². The molecular weight excluding hydrogens is 773 g/mol. The second-order valence-corrected chi connectivity index (χ2v) is 18.3. The number of aromatic nitrogens is 4. The first-order valence-electron chi connectivity index (χ1n) is 21.3. The standard InChI is InChI=1S/C57H34N4S/c1-61-51-29-46-42-20-13-33-25-35(15-17-38(33)56(42)60-50(46)28-47(51)43-21-11-31-7-3-5-9-39(31)57(43)61)53-23-22-52(62-53)34-14-16-37-32(24-34)12-19-41-45-27-48-44(26-49(45)59-55(37)41)40-18-10-30-6-2-4-8-36(30)54(40)58-48/h2-29,58-60H,1H3. The number of hydrogen-bond donors (Lipinski definition) is 3. The van der Waals surface area contributed by atoms with Crippen LogP contribution in [-0.4, -0.2) is 19.5 Å². The number of aryl methyl sites for hydroxylation is 1. The molecule has 4 nitrogen and oxygen atoms in total. The molecule has 3 N–H and O–H groups in total. The van der Waals surface area contributed by atoms with Gasteiger partial charge in [-0.15, -0.1) is 11.3 Å². The van der Waals surface area contributed by atoms with E-state index in [1.165, 1.54) is 146 Å². The molecule has 0 radical (unpaired) electrons. The van der Waals surface area contributed by atoms with E-state index in [2.05, 4.69) is 196 Å². The third-order valence-corrected chi connectivity index (χ3v) is 15.2. The lowest BCUT2D eigenvalue weighted by Gasteiger charge is -2.05. The van der Waals surface area contributed by atoms with Crippen molar-refractivity contribution in [2.45, 2.75) is 0 Å². The number of nitrogens with one attached hydrogen (secondary N) is 3. The van der Waals surface area contributed by atoms with Crippen LogP contribution >= 0.6 is 11.3 Å². The zero-order valence-electron chi connectivity index (χ0n) is 33.5. The zero-order chi connectivity index (χ0) is 40.4. The zero-order valence-corrected chi connectivity index (χ0v) is 34.3. The maximum absolute atomic E-state index is 3.85. The summed E-state index contributed by atoms with van der Waals surface area (Å²) >= 11 is 1.86. The van der Waals surface area contributed by atoms with Crippen LogP contribution in [0.2, 0.25) is 0 Å². The monoisotopic (exact) mass is 806 g/mol. The molecule has 0 amide bonds. The van der Waals surface area contributed by atoms with E-state index < -0.39 is 0 Å². The number of hydrogen-bond acceptors (Lipinski definition) is 1. The van der Waals surface area contributed by atoms with Gasteiger partial charge < -0.3 is 19.5 Å². The normalized spacial score (nSPS) is 12.6. The number of thiophene rings is 1. The smallest absolute Gasteiger partial charge is 0.0568 e. The summed E-state index contributed by atoms with van der Waals surface area (Å²) in [4.78, 5) is 14.0. The maximum Gasteiger partial charge on any atom is 0.0568 e. The molecule has 0 aliphatic heterocycles. The minimum Gasteiger partial charge on any atom is -0.354 e. The van der Waals surface area contributed by atoms with Crippen molar-refractivity contribution >= 4 is 142 Å². The van der Waals surface area contributed by atoms with Gasteiger partial charge in [0.15, 0.2) is 0 Å². The Balaban J connectivity index is 0.782. The molecule has 0 unspecified atom stereocenters. The SMILES string of the molecule is Cn1c2cc3c(cc2c2ccc4ccccc4c21)[nH]c1c2ccc(-c4ccc(-c5ccc6c(ccc7c8cc9[nH]c%10c%11ccccc%11ccc%10c9cc8[nH]c67)c5)s4)cc2ccc31. The van der Waals surface area contributed by atoms with Gasteiger partial charge in [-0.2, -0.15) is 0 Å². The highest BCUT2D eigenvalue weighted by atomic mass is 32.1. The van der Waals surface area contributed by atoms with Crippen LogP contribution < -0.4 is 0 Å². The van der Waals surface area contributed by atoms with Crippen molar-refractivity contribution in [2.75, 3.05) is 0 Å². The predicted molar refractivity (Wildman–Crippen MR) is 267 cm³/mol. The summed E-state index contributed by atoms with van der Waals surface area (Å²) < 4.78 is 2.37. The van der Waals surface area contributed by atoms with Crippen LogP contribution in [-0.2, 0) is 7.05 Å². The second-order valence-electron chi connectivity index (χ2n) is 17.2. The summed E-state index contributed by atoms with van der Waals surface area (Å²) in [6.07, 6.45) is 0. The third-order valence-electron chi connectivity index (χ3n) is 14.0. The van der Waals surface area contributed by atoms with Gasteiger partial charge in [0.25, 0.3) is 0 Å². The molecule has 0 atom stereocenters. The highest BCUT2D eigenvalue weighted by Crippen LogP contribution is 2.43. The van der Waals surface area contributed by atoms with Crippen LogP contribution in [0, 0.1) is 0 Å². The van der Waals surface area contributed by atoms with Crippen molar-refractivity contribution < 1.29 is 0 Å². The highest BCUT2D eigenvalue weighted by molar-refractivity contribution is 7.18. The Morgan fingerprint density at radius 3 is 1.35 bits per heavy atom. The lowest BCUT2D eigenvalue weighted by Crippen LogP contribution is -1.87. The first kappa shape index (κ1) is 32.9. The van der Waals surface area contributed by atoms with Gasteiger partial charge in [0.2, 0.25) is 0 Å². The molecule has 5 aromatic heterocycles. The largest absolute Gasteiger partial charge is 0.354 e. The van der Waals surface area contributed by atoms with Crippen LogP contribution in [0.4, 0.5) is 0 Å². The van der Waals surface area contributed by atoms with Crippen molar-refractivity contribution in [3.8, 4) is 20.9 Å². The Hall–Kier alpha value is -7.86. The fourth-order valence-electron chi connectivity index (χ4n) is 11.0. The molecular formula is C57H34N4S. The summed E-state index contributed by atoms with van der Waals surface area (Å²) in [5.41, 5.74) is 12.1. The van der Waals surface area contributed by atoms with Gasteiger partial charge in [0.1, 0.15) is 0 Å². The number of fused-ring (bicyclic) bond motifs is 20. The molecule has 0 spiro atoms. The molecule has 0 aliphatic rings. The lowest BCUT2D eigenvalue weighted by atomic mass is 10.0. The average molecular weight is 807 g/mol. The van der Waals surface area contributed by atoms with Crippen molar-refractivity contribution in [1.29, 1.82) is 0 Å². The minimum atomic E-state index is 1.16. The second kappa shape index (κ2) is 11.7. The van der Waals surface area contributed by atoms with Gasteiger partial charge in [0, 0.05) is 104 Å². The first-order chi connectivity index (χ1) is 30.6. The Morgan fingerprint density at radius 2 is 0.774 bits per heavy atom. The molecule has 0 bridgehead atoms. The van der Waals surface area contributed by atoms with Gasteiger partial charge in [-0.25, -0.2) is 0 Å². The lowest BCUT2D eigenvalue weighted by molar-refractivity contribution is 1.02. The predicted octanol–water partition coefficient (Wildman–Crippen LogP) is 16.2. The van der Waals surface area contributed by atoms with E-state index in [1.54, 1.807) is 0 Å². The van der Waals surface area contributed by atoms with Crippen LogP contribution in [0.3, 0.4) is 0 Å². The first-order valence-corrected chi connectivity index (χ1v) is 22.1. The van der Waals surface area contributed by atoms with Gasteiger partial charge in [0.05, 0.1) is 22.1 Å². The van der Waals surface area contributed by atoms with E-state index in [1.807, 2.05) is 11.3 Å². The van der Waals surface area contributed by atoms with Gasteiger partial charge in [-0.3, -0.25) is 0 Å². The molecule has 0 fully saturated rings. The highest BCUT2D eigenvalue weighted by Gasteiger charge is 2.18. The number of aromatic amines is 3. The minimum absolute atomic E-state index is 1.16. The van der Waals surface area contributed by atoms with Crippen LogP contribution in [0.1, 0.15) is 0 Å². The molecule has 0 aliphatic carbocycles. The third kappa shape index (κ3) is 4.35. The average Bonchev–Trinajstić information content (AvgIpc) is 4.15. The molecule has 288 valence electrons. The fourth-order valence-corrected chi connectivity index (χ4v) is 12.0. The van der Waals surface area contributed by atoms with Gasteiger partial charge in [-0.1, -0.05) is 121 Å². The summed E-state index contributed by atoms with van der Waals surface area (Å²) in [5.74, 6) is 0. The Labute approximate surface area is 357 Å². The van der Waals surface area contributed by atoms with Crippen molar-refractivity contribution in [3.05, 3.63) is 170 Å². The van der Waals surface area contributed by atoms with Gasteiger partial charge in [-0.05, 0) is 81.2 Å². The summed E-state index contributed by atoms with van der Waals surface area (Å²) in [6, 6.07) is 63.3. The Kier molecular flexibility index (Phi) is 6.21. The van der Waals surface area contributed by atoms with Crippen molar-refractivity contribution in [1.82, 2.24) is 19.5 Å². The van der Waals surface area contributed by atoms with Crippen molar-refractivity contribution in [3.63, 3.8) is 0 Å². The summed E-state index contributed by atoms with van der Waals surface area (Å²) in [6.45, 7) is 0. The quantitative estimate of drug-likeness (QED) is 0.156. The van der Waals surface area contributed by atoms with Crippen LogP contribution in [0.5, 0.6) is 0 Å². The number of rotatable bonds is 2. The maximum atomic E-state index is 3.85. The molecule has 10 aromatic carbocycles. The fraction of sp³-hybridized carbons (Fsp3) is 0.0175.